The van der Waals surface area contributed by atoms with E-state index in [0.717, 1.165) is 18.5 Å². The van der Waals surface area contributed by atoms with Crippen molar-refractivity contribution in [2.45, 2.75) is 58.0 Å². The fourth-order valence-electron chi connectivity index (χ4n) is 3.45. The van der Waals surface area contributed by atoms with Gasteiger partial charge in [-0.05, 0) is 39.5 Å². The van der Waals surface area contributed by atoms with Crippen LogP contribution in [0.3, 0.4) is 0 Å². The Labute approximate surface area is 94.4 Å². The summed E-state index contributed by atoms with van der Waals surface area (Å²) in [5.41, 5.74) is 0.347. The van der Waals surface area contributed by atoms with Crippen LogP contribution in [0.15, 0.2) is 0 Å². The first-order valence-corrected chi connectivity index (χ1v) is 6.59. The molecule has 0 spiro atoms. The van der Waals surface area contributed by atoms with Gasteiger partial charge in [0.2, 0.25) is 0 Å². The van der Waals surface area contributed by atoms with Gasteiger partial charge in [0.05, 0.1) is 0 Å². The molecule has 0 radical (unpaired) electrons. The molecule has 1 heterocycles. The number of nitrogens with zero attached hydrogens (tertiary/aromatic N) is 1. The quantitative estimate of drug-likeness (QED) is 0.752. The van der Waals surface area contributed by atoms with Crippen LogP contribution in [0.4, 0.5) is 0 Å². The molecule has 0 bridgehead atoms. The van der Waals surface area contributed by atoms with Crippen molar-refractivity contribution >= 4 is 0 Å². The third kappa shape index (κ3) is 2.36. The fraction of sp³-hybridized carbons (Fsp3) is 1.00. The van der Waals surface area contributed by atoms with Gasteiger partial charge in [0.1, 0.15) is 0 Å². The maximum Gasteiger partial charge on any atom is 0.0281 e. The van der Waals surface area contributed by atoms with Gasteiger partial charge in [-0.3, -0.25) is 4.90 Å². The molecule has 1 N–H and O–H groups in total. The lowest BCUT2D eigenvalue weighted by Gasteiger charge is -2.48. The monoisotopic (exact) mass is 210 g/mol. The number of hydrogen-bond acceptors (Lipinski definition) is 2. The van der Waals surface area contributed by atoms with Crippen LogP contribution in [-0.4, -0.2) is 36.1 Å². The third-order valence-electron chi connectivity index (χ3n) is 4.44. The lowest BCUT2D eigenvalue weighted by molar-refractivity contribution is 0.0276. The lowest BCUT2D eigenvalue weighted by atomic mass is 9.91. The highest BCUT2D eigenvalue weighted by Crippen LogP contribution is 2.33. The van der Waals surface area contributed by atoms with Gasteiger partial charge in [-0.25, -0.2) is 0 Å². The molecule has 0 aromatic heterocycles. The SMILES string of the molecule is CC(C1CCCC1)N1CCNCC1(C)C. The topological polar surface area (TPSA) is 15.3 Å². The van der Waals surface area contributed by atoms with E-state index >= 15 is 0 Å². The summed E-state index contributed by atoms with van der Waals surface area (Å²) in [6.07, 6.45) is 5.84. The molecule has 0 aromatic carbocycles. The van der Waals surface area contributed by atoms with E-state index in [-0.39, 0.29) is 0 Å². The second-order valence-corrected chi connectivity index (χ2v) is 5.97. The first-order chi connectivity index (χ1) is 7.11. The van der Waals surface area contributed by atoms with E-state index < -0.39 is 0 Å². The smallest absolute Gasteiger partial charge is 0.0281 e. The Morgan fingerprint density at radius 2 is 1.93 bits per heavy atom. The van der Waals surface area contributed by atoms with E-state index in [1.54, 1.807) is 0 Å². The molecular weight excluding hydrogens is 184 g/mol. The molecule has 2 fully saturated rings. The Bertz CT molecular complexity index is 207. The van der Waals surface area contributed by atoms with Gasteiger partial charge in [0, 0.05) is 31.2 Å². The Balaban J connectivity index is 2.00. The fourth-order valence-corrected chi connectivity index (χ4v) is 3.45. The molecule has 1 unspecified atom stereocenters. The van der Waals surface area contributed by atoms with Gasteiger partial charge in [0.15, 0.2) is 0 Å². The summed E-state index contributed by atoms with van der Waals surface area (Å²) < 4.78 is 0. The van der Waals surface area contributed by atoms with Gasteiger partial charge in [-0.1, -0.05) is 12.8 Å². The maximum atomic E-state index is 3.51. The molecule has 1 saturated carbocycles. The van der Waals surface area contributed by atoms with Crippen LogP contribution in [0.1, 0.15) is 46.5 Å². The normalized spacial score (nSPS) is 30.6. The second-order valence-electron chi connectivity index (χ2n) is 5.97. The van der Waals surface area contributed by atoms with Crippen molar-refractivity contribution < 1.29 is 0 Å². The largest absolute Gasteiger partial charge is 0.314 e. The molecule has 2 rings (SSSR count). The summed E-state index contributed by atoms with van der Waals surface area (Å²) >= 11 is 0. The van der Waals surface area contributed by atoms with Gasteiger partial charge in [-0.2, -0.15) is 0 Å². The summed E-state index contributed by atoms with van der Waals surface area (Å²) in [7, 11) is 0. The number of hydrogen-bond donors (Lipinski definition) is 1. The van der Waals surface area contributed by atoms with Crippen molar-refractivity contribution in [1.29, 1.82) is 0 Å². The van der Waals surface area contributed by atoms with Gasteiger partial charge in [0.25, 0.3) is 0 Å². The van der Waals surface area contributed by atoms with E-state index in [4.69, 9.17) is 0 Å². The summed E-state index contributed by atoms with van der Waals surface area (Å²) in [6, 6.07) is 0.782. The molecule has 1 saturated heterocycles. The number of piperazine rings is 1. The van der Waals surface area contributed by atoms with Crippen LogP contribution in [-0.2, 0) is 0 Å². The predicted molar refractivity (Wildman–Crippen MR) is 65.1 cm³/mol. The van der Waals surface area contributed by atoms with Crippen LogP contribution in [0.5, 0.6) is 0 Å². The first-order valence-electron chi connectivity index (χ1n) is 6.59. The molecule has 1 atom stereocenters. The van der Waals surface area contributed by atoms with Crippen LogP contribution in [0.25, 0.3) is 0 Å². The number of rotatable bonds is 2. The minimum atomic E-state index is 0.347. The average Bonchev–Trinajstić information content (AvgIpc) is 2.69. The third-order valence-corrected chi connectivity index (χ3v) is 4.44. The second kappa shape index (κ2) is 4.42. The average molecular weight is 210 g/mol. The molecule has 1 aliphatic carbocycles. The van der Waals surface area contributed by atoms with Gasteiger partial charge < -0.3 is 5.32 Å². The Morgan fingerprint density at radius 1 is 1.27 bits per heavy atom. The Hall–Kier alpha value is -0.0800. The highest BCUT2D eigenvalue weighted by atomic mass is 15.3. The molecule has 0 aromatic rings. The summed E-state index contributed by atoms with van der Waals surface area (Å²) in [5, 5.41) is 3.51. The summed E-state index contributed by atoms with van der Waals surface area (Å²) in [4.78, 5) is 2.74. The highest BCUT2D eigenvalue weighted by molar-refractivity contribution is 4.93. The molecule has 2 heteroatoms. The van der Waals surface area contributed by atoms with Crippen molar-refractivity contribution in [3.05, 3.63) is 0 Å². The highest BCUT2D eigenvalue weighted by Gasteiger charge is 2.36. The van der Waals surface area contributed by atoms with E-state index in [9.17, 15) is 0 Å². The van der Waals surface area contributed by atoms with E-state index in [1.807, 2.05) is 0 Å². The van der Waals surface area contributed by atoms with Crippen molar-refractivity contribution in [3.8, 4) is 0 Å². The van der Waals surface area contributed by atoms with Crippen LogP contribution in [0.2, 0.25) is 0 Å². The minimum Gasteiger partial charge on any atom is -0.314 e. The zero-order valence-corrected chi connectivity index (χ0v) is 10.6. The van der Waals surface area contributed by atoms with Crippen molar-refractivity contribution in [2.24, 2.45) is 5.92 Å². The molecule has 0 amide bonds. The van der Waals surface area contributed by atoms with Crippen LogP contribution < -0.4 is 5.32 Å². The van der Waals surface area contributed by atoms with Gasteiger partial charge in [-0.15, -0.1) is 0 Å². The molecular formula is C13H26N2. The Morgan fingerprint density at radius 3 is 2.53 bits per heavy atom. The zero-order chi connectivity index (χ0) is 10.9. The summed E-state index contributed by atoms with van der Waals surface area (Å²) in [6.45, 7) is 10.7. The standard InChI is InChI=1S/C13H26N2/c1-11(12-6-4-5-7-12)15-9-8-14-10-13(15,2)3/h11-12,14H,4-10H2,1-3H3. The Kier molecular flexibility index (Phi) is 3.36. The van der Waals surface area contributed by atoms with E-state index in [2.05, 4.69) is 31.0 Å². The molecule has 2 nitrogen and oxygen atoms in total. The maximum absolute atomic E-state index is 3.51. The number of nitrogens with one attached hydrogen (secondary N) is 1. The van der Waals surface area contributed by atoms with Crippen molar-refractivity contribution in [3.63, 3.8) is 0 Å². The van der Waals surface area contributed by atoms with Crippen LogP contribution in [0, 0.1) is 5.92 Å². The van der Waals surface area contributed by atoms with Crippen LogP contribution >= 0.6 is 0 Å². The van der Waals surface area contributed by atoms with E-state index in [0.29, 0.717) is 5.54 Å². The molecule has 1 aliphatic heterocycles. The zero-order valence-electron chi connectivity index (χ0n) is 10.6. The van der Waals surface area contributed by atoms with Gasteiger partial charge >= 0.3 is 0 Å². The predicted octanol–water partition coefficient (Wildman–Crippen LogP) is 2.25. The van der Waals surface area contributed by atoms with E-state index in [1.165, 1.54) is 38.8 Å². The molecule has 15 heavy (non-hydrogen) atoms. The lowest BCUT2D eigenvalue weighted by Crippen LogP contribution is -2.61. The molecule has 88 valence electrons. The minimum absolute atomic E-state index is 0.347. The van der Waals surface area contributed by atoms with Crippen molar-refractivity contribution in [2.75, 3.05) is 19.6 Å². The van der Waals surface area contributed by atoms with Crippen molar-refractivity contribution in [1.82, 2.24) is 10.2 Å². The molecule has 2 aliphatic rings. The first kappa shape index (κ1) is 11.4. The summed E-state index contributed by atoms with van der Waals surface area (Å²) in [5.74, 6) is 0.961.